The predicted octanol–water partition coefficient (Wildman–Crippen LogP) is 5.71. The number of hydrogen-bond donors (Lipinski definition) is 2. The molecule has 5 rings (SSSR count). The van der Waals surface area contributed by atoms with Crippen molar-refractivity contribution >= 4 is 22.6 Å². The van der Waals surface area contributed by atoms with Crippen molar-refractivity contribution in [3.05, 3.63) is 77.5 Å². The van der Waals surface area contributed by atoms with Gasteiger partial charge < -0.3 is 15.1 Å². The smallest absolute Gasteiger partial charge is 0.435 e. The quantitative estimate of drug-likeness (QED) is 0.385. The van der Waals surface area contributed by atoms with Crippen molar-refractivity contribution in [2.24, 2.45) is 0 Å². The van der Waals surface area contributed by atoms with E-state index in [-0.39, 0.29) is 39.9 Å². The van der Waals surface area contributed by atoms with Crippen LogP contribution < -0.4 is 4.90 Å². The minimum atomic E-state index is -4.70. The van der Waals surface area contributed by atoms with Crippen molar-refractivity contribution in [3.8, 4) is 22.8 Å². The number of nitrogens with zero attached hydrogens (tertiary/aromatic N) is 3. The van der Waals surface area contributed by atoms with Gasteiger partial charge in [-0.25, -0.2) is 9.97 Å². The Kier molecular flexibility index (Phi) is 5.35. The van der Waals surface area contributed by atoms with Crippen molar-refractivity contribution < 1.29 is 28.2 Å². The van der Waals surface area contributed by atoms with Crippen LogP contribution in [0.25, 0.3) is 22.3 Å². The number of alkyl halides is 3. The zero-order valence-electron chi connectivity index (χ0n) is 18.5. The predicted molar refractivity (Wildman–Crippen MR) is 124 cm³/mol. The number of rotatable bonds is 2. The lowest BCUT2D eigenvalue weighted by Gasteiger charge is -2.35. The number of carbonyl (C=O) groups is 1. The minimum Gasteiger partial charge on any atom is -0.508 e. The molecule has 35 heavy (non-hydrogen) atoms. The molecule has 6 nitrogen and oxygen atoms in total. The van der Waals surface area contributed by atoms with Crippen molar-refractivity contribution in [1.82, 2.24) is 9.97 Å². The van der Waals surface area contributed by atoms with Gasteiger partial charge in [0.05, 0.1) is 16.6 Å². The number of aryl methyl sites for hydroxylation is 1. The molecule has 1 aliphatic heterocycles. The number of benzene rings is 3. The highest BCUT2D eigenvalue weighted by molar-refractivity contribution is 6.09. The summed E-state index contributed by atoms with van der Waals surface area (Å²) >= 11 is 0. The van der Waals surface area contributed by atoms with E-state index in [0.717, 1.165) is 6.07 Å². The van der Waals surface area contributed by atoms with Crippen LogP contribution in [0.5, 0.6) is 11.5 Å². The minimum absolute atomic E-state index is 0.0198. The Morgan fingerprint density at radius 2 is 1.71 bits per heavy atom. The van der Waals surface area contributed by atoms with Crippen LogP contribution in [0.3, 0.4) is 0 Å². The highest BCUT2D eigenvalue weighted by Crippen LogP contribution is 2.40. The normalized spacial score (nSPS) is 15.8. The van der Waals surface area contributed by atoms with Gasteiger partial charge in [-0.1, -0.05) is 18.2 Å². The molecule has 0 spiro atoms. The number of halogens is 3. The summed E-state index contributed by atoms with van der Waals surface area (Å²) in [6.45, 7) is 1.86. The fourth-order valence-electron chi connectivity index (χ4n) is 4.44. The maximum Gasteiger partial charge on any atom is 0.435 e. The van der Waals surface area contributed by atoms with Gasteiger partial charge in [0.1, 0.15) is 17.2 Å². The number of hydrogen-bond acceptors (Lipinski definition) is 5. The summed E-state index contributed by atoms with van der Waals surface area (Å²) in [4.78, 5) is 22.9. The third kappa shape index (κ3) is 4.03. The van der Waals surface area contributed by atoms with Gasteiger partial charge >= 0.3 is 6.18 Å². The van der Waals surface area contributed by atoms with E-state index in [1.165, 1.54) is 29.2 Å². The lowest BCUT2D eigenvalue weighted by Crippen LogP contribution is -2.42. The Hall–Kier alpha value is -4.14. The van der Waals surface area contributed by atoms with Crippen molar-refractivity contribution in [3.63, 3.8) is 0 Å². The summed E-state index contributed by atoms with van der Waals surface area (Å²) in [6, 6.07) is 14.6. The van der Waals surface area contributed by atoms with E-state index in [2.05, 4.69) is 9.97 Å². The number of aromatic nitrogens is 2. The monoisotopic (exact) mass is 479 g/mol. The van der Waals surface area contributed by atoms with E-state index < -0.39 is 17.8 Å². The second-order valence-electron chi connectivity index (χ2n) is 8.52. The highest BCUT2D eigenvalue weighted by Gasteiger charge is 2.38. The van der Waals surface area contributed by atoms with E-state index in [1.54, 1.807) is 30.3 Å². The molecule has 0 aliphatic carbocycles. The second-order valence-corrected chi connectivity index (χ2v) is 8.52. The van der Waals surface area contributed by atoms with Crippen LogP contribution in [0.4, 0.5) is 18.9 Å². The summed E-state index contributed by atoms with van der Waals surface area (Å²) in [5.74, 6) is -0.995. The van der Waals surface area contributed by atoms with E-state index in [1.807, 2.05) is 6.92 Å². The van der Waals surface area contributed by atoms with Crippen molar-refractivity contribution in [2.45, 2.75) is 32.0 Å². The molecule has 9 heteroatoms. The lowest BCUT2D eigenvalue weighted by atomic mass is 9.93. The Bertz CT molecular complexity index is 1470. The Labute approximate surface area is 198 Å². The number of amides is 1. The van der Waals surface area contributed by atoms with Crippen molar-refractivity contribution in [1.29, 1.82) is 0 Å². The third-order valence-corrected chi connectivity index (χ3v) is 6.15. The van der Waals surface area contributed by atoms with Crippen LogP contribution in [0.1, 0.15) is 35.0 Å². The number of fused-ring (bicyclic) bond motifs is 2. The van der Waals surface area contributed by atoms with Gasteiger partial charge in [0, 0.05) is 23.4 Å². The zero-order valence-corrected chi connectivity index (χ0v) is 18.5. The van der Waals surface area contributed by atoms with Gasteiger partial charge in [-0.2, -0.15) is 13.2 Å². The van der Waals surface area contributed by atoms with Crippen LogP contribution in [0.15, 0.2) is 60.7 Å². The first-order chi connectivity index (χ1) is 16.6. The van der Waals surface area contributed by atoms with Crippen LogP contribution in [-0.2, 0) is 12.6 Å². The summed E-state index contributed by atoms with van der Waals surface area (Å²) < 4.78 is 41.6. The van der Waals surface area contributed by atoms with E-state index in [4.69, 9.17) is 0 Å². The van der Waals surface area contributed by atoms with E-state index in [0.29, 0.717) is 29.6 Å². The second kappa shape index (κ2) is 8.26. The molecule has 2 N–H and O–H groups in total. The SMILES string of the molecule is C[C@H]1CCc2cc(-c3nc4ccccc4nc3C(F)(F)F)ccc2N1C(=O)c1ccc(O)cc1O. The zero-order chi connectivity index (χ0) is 24.9. The Morgan fingerprint density at radius 3 is 2.40 bits per heavy atom. The molecule has 2 heterocycles. The largest absolute Gasteiger partial charge is 0.508 e. The number of aromatic hydroxyl groups is 2. The summed E-state index contributed by atoms with van der Waals surface area (Å²) in [6.07, 6.45) is -3.57. The highest BCUT2D eigenvalue weighted by atomic mass is 19.4. The Balaban J connectivity index is 1.61. The first-order valence-electron chi connectivity index (χ1n) is 11.0. The van der Waals surface area contributed by atoms with Crippen LogP contribution in [0.2, 0.25) is 0 Å². The summed E-state index contributed by atoms with van der Waals surface area (Å²) in [7, 11) is 0. The van der Waals surface area contributed by atoms with Gasteiger partial charge in [0.2, 0.25) is 0 Å². The Morgan fingerprint density at radius 1 is 1.00 bits per heavy atom. The number of phenolic OH excluding ortho intramolecular Hbond substituents is 2. The number of para-hydroxylation sites is 2. The van der Waals surface area contributed by atoms with Crippen molar-refractivity contribution in [2.75, 3.05) is 4.90 Å². The lowest BCUT2D eigenvalue weighted by molar-refractivity contribution is -0.140. The third-order valence-electron chi connectivity index (χ3n) is 6.15. The van der Waals surface area contributed by atoms with Crippen LogP contribution in [0, 0.1) is 0 Å². The molecule has 178 valence electrons. The number of carbonyl (C=O) groups excluding carboxylic acids is 1. The van der Waals surface area contributed by atoms with Gasteiger partial charge in [0.25, 0.3) is 5.91 Å². The average Bonchev–Trinajstić information content (AvgIpc) is 2.82. The first-order valence-corrected chi connectivity index (χ1v) is 11.0. The molecule has 0 bridgehead atoms. The molecule has 0 unspecified atom stereocenters. The van der Waals surface area contributed by atoms with E-state index >= 15 is 0 Å². The van der Waals surface area contributed by atoms with Gasteiger partial charge in [-0.05, 0) is 61.7 Å². The average molecular weight is 479 g/mol. The standard InChI is InChI=1S/C26H20F3N3O3/c1-14-6-7-15-12-16(23-24(26(27,28)29)31-20-5-3-2-4-19(20)30-23)8-11-21(15)32(14)25(35)18-10-9-17(33)13-22(18)34/h2-5,8-14,33-34H,6-7H2,1H3/t14-/m0/s1. The maximum absolute atomic E-state index is 13.9. The molecule has 4 aromatic rings. The molecular formula is C26H20F3N3O3. The molecular weight excluding hydrogens is 459 g/mol. The molecule has 1 aliphatic rings. The fraction of sp³-hybridized carbons (Fsp3) is 0.192. The number of anilines is 1. The van der Waals surface area contributed by atoms with Gasteiger partial charge in [-0.15, -0.1) is 0 Å². The molecule has 0 radical (unpaired) electrons. The number of phenols is 2. The molecule has 1 aromatic heterocycles. The molecule has 0 saturated carbocycles. The van der Waals surface area contributed by atoms with Gasteiger partial charge in [0.15, 0.2) is 5.69 Å². The first kappa shape index (κ1) is 22.6. The fourth-order valence-corrected chi connectivity index (χ4v) is 4.44. The molecule has 3 aromatic carbocycles. The van der Waals surface area contributed by atoms with Gasteiger partial charge in [-0.3, -0.25) is 4.79 Å². The van der Waals surface area contributed by atoms with E-state index in [9.17, 15) is 28.2 Å². The molecule has 1 atom stereocenters. The molecule has 0 saturated heterocycles. The summed E-state index contributed by atoms with van der Waals surface area (Å²) in [5, 5.41) is 19.7. The maximum atomic E-state index is 13.9. The van der Waals surface area contributed by atoms with Crippen LogP contribution >= 0.6 is 0 Å². The van der Waals surface area contributed by atoms with Crippen LogP contribution in [-0.4, -0.2) is 32.1 Å². The summed E-state index contributed by atoms with van der Waals surface area (Å²) in [5.41, 5.74) is 0.675. The molecule has 0 fully saturated rings. The molecule has 1 amide bonds. The topological polar surface area (TPSA) is 86.6 Å².